The van der Waals surface area contributed by atoms with Gasteiger partial charge in [0.05, 0.1) is 26.2 Å². The van der Waals surface area contributed by atoms with Crippen molar-refractivity contribution in [1.29, 1.82) is 0 Å². The number of hydrogen-bond acceptors (Lipinski definition) is 3. The lowest BCUT2D eigenvalue weighted by molar-refractivity contribution is -0.934. The van der Waals surface area contributed by atoms with Crippen molar-refractivity contribution in [3.63, 3.8) is 0 Å². The molecule has 32 heavy (non-hydrogen) atoms. The number of quaternary nitrogens is 1. The van der Waals surface area contributed by atoms with E-state index >= 15 is 0 Å². The van der Waals surface area contributed by atoms with Gasteiger partial charge in [0.25, 0.3) is 0 Å². The SMILES string of the molecule is CCCC/C=C/CCCCCCC[N+](CC(C)C(=O)O)(CC(C)C(=O)O)CC(C)C(=O)O. The van der Waals surface area contributed by atoms with Gasteiger partial charge in [0.15, 0.2) is 0 Å². The molecular formula is C25H46NO6+. The molecule has 0 bridgehead atoms. The molecule has 0 aliphatic carbocycles. The van der Waals surface area contributed by atoms with Gasteiger partial charge in [-0.1, -0.05) is 44.8 Å². The van der Waals surface area contributed by atoms with Gasteiger partial charge in [-0.25, -0.2) is 0 Å². The molecule has 186 valence electrons. The first-order valence-corrected chi connectivity index (χ1v) is 12.2. The summed E-state index contributed by atoms with van der Waals surface area (Å²) in [7, 11) is 0. The fourth-order valence-electron chi connectivity index (χ4n) is 4.27. The van der Waals surface area contributed by atoms with Crippen LogP contribution < -0.4 is 0 Å². The van der Waals surface area contributed by atoms with Crippen molar-refractivity contribution in [2.75, 3.05) is 26.2 Å². The minimum absolute atomic E-state index is 0.217. The molecule has 0 saturated heterocycles. The maximum atomic E-state index is 11.5. The molecule has 0 radical (unpaired) electrons. The van der Waals surface area contributed by atoms with Gasteiger partial charge < -0.3 is 19.8 Å². The molecule has 0 fully saturated rings. The Balaban J connectivity index is 4.96. The molecule has 0 amide bonds. The van der Waals surface area contributed by atoms with Crippen LogP contribution in [0.1, 0.15) is 85.5 Å². The number of carbonyl (C=O) groups is 3. The maximum absolute atomic E-state index is 11.5. The van der Waals surface area contributed by atoms with Gasteiger partial charge in [0.2, 0.25) is 0 Å². The first kappa shape index (κ1) is 30.1. The number of unbranched alkanes of at least 4 members (excludes halogenated alkanes) is 7. The molecule has 0 aliphatic heterocycles. The first-order valence-electron chi connectivity index (χ1n) is 12.2. The average Bonchev–Trinajstić information content (AvgIpc) is 2.71. The number of carboxylic acids is 3. The van der Waals surface area contributed by atoms with Gasteiger partial charge in [-0.05, 0) is 52.9 Å². The molecular weight excluding hydrogens is 410 g/mol. The van der Waals surface area contributed by atoms with Gasteiger partial charge in [0, 0.05) is 0 Å². The number of carboxylic acid groups (broad SMARTS) is 3. The highest BCUT2D eigenvalue weighted by Crippen LogP contribution is 2.22. The summed E-state index contributed by atoms with van der Waals surface area (Å²) in [5.74, 6) is -4.83. The zero-order valence-electron chi connectivity index (χ0n) is 20.6. The van der Waals surface area contributed by atoms with Crippen molar-refractivity contribution in [3.8, 4) is 0 Å². The van der Waals surface area contributed by atoms with Gasteiger partial charge in [0.1, 0.15) is 17.8 Å². The third kappa shape index (κ3) is 13.5. The van der Waals surface area contributed by atoms with E-state index in [1.165, 1.54) is 12.8 Å². The third-order valence-corrected chi connectivity index (χ3v) is 6.14. The van der Waals surface area contributed by atoms with E-state index in [-0.39, 0.29) is 24.1 Å². The smallest absolute Gasteiger partial charge is 0.311 e. The summed E-state index contributed by atoms with van der Waals surface area (Å²) in [4.78, 5) is 34.6. The van der Waals surface area contributed by atoms with E-state index in [2.05, 4.69) is 19.1 Å². The van der Waals surface area contributed by atoms with E-state index < -0.39 is 35.7 Å². The average molecular weight is 457 g/mol. The minimum Gasteiger partial charge on any atom is -0.481 e. The highest BCUT2D eigenvalue weighted by molar-refractivity contribution is 5.70. The van der Waals surface area contributed by atoms with Gasteiger partial charge in [-0.3, -0.25) is 14.4 Å². The standard InChI is InChI=1S/C25H45NO6/c1-5-6-7-8-9-10-11-12-13-14-15-16-26(17-20(2)23(27)28,18-21(3)24(29)30)19-22(4)25(31)32/h8-9,20-22H,5-7,10-19H2,1-4H3,(H2-,27,28,29,30,31,32)/p+1/b9-8+. The molecule has 7 nitrogen and oxygen atoms in total. The molecule has 7 heteroatoms. The van der Waals surface area contributed by atoms with Crippen LogP contribution in [0.3, 0.4) is 0 Å². The lowest BCUT2D eigenvalue weighted by atomic mass is 10.0. The Morgan fingerprint density at radius 1 is 0.656 bits per heavy atom. The van der Waals surface area contributed by atoms with Crippen molar-refractivity contribution in [3.05, 3.63) is 12.2 Å². The van der Waals surface area contributed by atoms with E-state index in [1.54, 1.807) is 20.8 Å². The summed E-state index contributed by atoms with van der Waals surface area (Å²) in [6.45, 7) is 8.35. The van der Waals surface area contributed by atoms with Crippen LogP contribution in [0, 0.1) is 17.8 Å². The van der Waals surface area contributed by atoms with Crippen LogP contribution in [0.2, 0.25) is 0 Å². The summed E-state index contributed by atoms with van der Waals surface area (Å²) in [5.41, 5.74) is 0. The fraction of sp³-hybridized carbons (Fsp3) is 0.800. The van der Waals surface area contributed by atoms with Crippen LogP contribution in [-0.2, 0) is 14.4 Å². The van der Waals surface area contributed by atoms with Crippen molar-refractivity contribution in [2.45, 2.75) is 85.5 Å². The summed E-state index contributed by atoms with van der Waals surface area (Å²) in [5, 5.41) is 28.3. The second-order valence-electron chi connectivity index (χ2n) is 9.50. The summed E-state index contributed by atoms with van der Waals surface area (Å²) >= 11 is 0. The predicted molar refractivity (Wildman–Crippen MR) is 126 cm³/mol. The van der Waals surface area contributed by atoms with E-state index in [0.29, 0.717) is 6.54 Å². The van der Waals surface area contributed by atoms with Crippen LogP contribution in [0.4, 0.5) is 0 Å². The Kier molecular flexibility index (Phi) is 15.7. The van der Waals surface area contributed by atoms with Gasteiger partial charge >= 0.3 is 17.9 Å². The zero-order valence-corrected chi connectivity index (χ0v) is 20.6. The van der Waals surface area contributed by atoms with Crippen LogP contribution in [0.15, 0.2) is 12.2 Å². The van der Waals surface area contributed by atoms with Crippen LogP contribution in [0.5, 0.6) is 0 Å². The Bertz CT molecular complexity index is 534. The topological polar surface area (TPSA) is 112 Å². The maximum Gasteiger partial charge on any atom is 0.311 e. The number of aliphatic carboxylic acids is 3. The summed E-state index contributed by atoms with van der Waals surface area (Å²) < 4.78 is 0.217. The van der Waals surface area contributed by atoms with E-state index in [9.17, 15) is 29.7 Å². The van der Waals surface area contributed by atoms with Gasteiger partial charge in [-0.15, -0.1) is 0 Å². The molecule has 0 heterocycles. The lowest BCUT2D eigenvalue weighted by Gasteiger charge is -2.42. The second kappa shape index (κ2) is 16.7. The van der Waals surface area contributed by atoms with E-state index in [4.69, 9.17) is 0 Å². The molecule has 0 aromatic carbocycles. The minimum atomic E-state index is -0.939. The third-order valence-electron chi connectivity index (χ3n) is 6.14. The summed E-state index contributed by atoms with van der Waals surface area (Å²) in [6, 6.07) is 0. The molecule has 3 unspecified atom stereocenters. The number of nitrogens with zero attached hydrogens (tertiary/aromatic N) is 1. The molecule has 3 atom stereocenters. The quantitative estimate of drug-likeness (QED) is 0.134. The van der Waals surface area contributed by atoms with E-state index in [0.717, 1.165) is 44.9 Å². The Morgan fingerprint density at radius 3 is 1.44 bits per heavy atom. The van der Waals surface area contributed by atoms with Crippen LogP contribution >= 0.6 is 0 Å². The molecule has 0 rings (SSSR count). The highest BCUT2D eigenvalue weighted by Gasteiger charge is 2.38. The predicted octanol–water partition coefficient (Wildman–Crippen LogP) is 5.05. The van der Waals surface area contributed by atoms with Crippen LogP contribution in [0.25, 0.3) is 0 Å². The van der Waals surface area contributed by atoms with Crippen LogP contribution in [-0.4, -0.2) is 63.9 Å². The summed E-state index contributed by atoms with van der Waals surface area (Å²) in [6.07, 6.45) is 14.3. The normalized spacial score (nSPS) is 16.4. The van der Waals surface area contributed by atoms with Crippen molar-refractivity contribution >= 4 is 17.9 Å². The monoisotopic (exact) mass is 456 g/mol. The van der Waals surface area contributed by atoms with Crippen molar-refractivity contribution < 1.29 is 34.2 Å². The second-order valence-corrected chi connectivity index (χ2v) is 9.50. The lowest BCUT2D eigenvalue weighted by Crippen LogP contribution is -2.57. The first-order chi connectivity index (χ1) is 15.0. The van der Waals surface area contributed by atoms with Crippen molar-refractivity contribution in [1.82, 2.24) is 0 Å². The Morgan fingerprint density at radius 2 is 1.03 bits per heavy atom. The molecule has 0 spiro atoms. The van der Waals surface area contributed by atoms with E-state index in [1.807, 2.05) is 0 Å². The molecule has 0 saturated carbocycles. The molecule has 0 aliphatic rings. The molecule has 0 aromatic rings. The number of allylic oxidation sites excluding steroid dienone is 2. The Labute approximate surface area is 194 Å². The Hall–Kier alpha value is -1.89. The molecule has 3 N–H and O–H groups in total. The number of hydrogen-bond donors (Lipinski definition) is 3. The number of rotatable bonds is 20. The largest absolute Gasteiger partial charge is 0.481 e. The highest BCUT2D eigenvalue weighted by atomic mass is 16.4. The van der Waals surface area contributed by atoms with Gasteiger partial charge in [-0.2, -0.15) is 0 Å². The fourth-order valence-corrected chi connectivity index (χ4v) is 4.27. The molecule has 0 aromatic heterocycles. The van der Waals surface area contributed by atoms with Crippen molar-refractivity contribution in [2.24, 2.45) is 17.8 Å². The zero-order chi connectivity index (χ0) is 24.6.